The van der Waals surface area contributed by atoms with Gasteiger partial charge in [0.05, 0.1) is 12.6 Å². The number of pyridine rings is 1. The van der Waals surface area contributed by atoms with Crippen LogP contribution in [0.5, 0.6) is 0 Å². The lowest BCUT2D eigenvalue weighted by Gasteiger charge is -2.33. The number of aryl methyl sites for hydroxylation is 1. The molecule has 1 saturated heterocycles. The lowest BCUT2D eigenvalue weighted by atomic mass is 10.1. The number of aliphatic hydroxyl groups is 1. The van der Waals surface area contributed by atoms with Crippen LogP contribution in [0, 0.1) is 6.92 Å². The Morgan fingerprint density at radius 3 is 2.76 bits per heavy atom. The van der Waals surface area contributed by atoms with Crippen molar-refractivity contribution in [1.82, 2.24) is 15.6 Å². The van der Waals surface area contributed by atoms with Gasteiger partial charge in [-0.25, -0.2) is 9.78 Å². The van der Waals surface area contributed by atoms with Crippen molar-refractivity contribution < 1.29 is 9.90 Å². The van der Waals surface area contributed by atoms with Crippen LogP contribution in [0.4, 0.5) is 10.6 Å². The SMILES string of the molecule is Cc1ccc(N2CCC(NC(=O)NC(C)CO)CC2)nc1. The first-order valence-electron chi connectivity index (χ1n) is 7.44. The van der Waals surface area contributed by atoms with Gasteiger partial charge in [0.25, 0.3) is 0 Å². The summed E-state index contributed by atoms with van der Waals surface area (Å²) in [5.41, 5.74) is 1.16. The number of rotatable bonds is 4. The van der Waals surface area contributed by atoms with Crippen molar-refractivity contribution in [3.8, 4) is 0 Å². The minimum atomic E-state index is -0.221. The number of hydrogen-bond acceptors (Lipinski definition) is 4. The maximum absolute atomic E-state index is 11.7. The number of carbonyl (C=O) groups is 1. The van der Waals surface area contributed by atoms with Crippen LogP contribution < -0.4 is 15.5 Å². The second-order valence-corrected chi connectivity index (χ2v) is 5.66. The van der Waals surface area contributed by atoms with Crippen molar-refractivity contribution in [1.29, 1.82) is 0 Å². The average Bonchev–Trinajstić information content (AvgIpc) is 2.48. The molecule has 6 nitrogen and oxygen atoms in total. The first-order valence-corrected chi connectivity index (χ1v) is 7.44. The van der Waals surface area contributed by atoms with E-state index in [0.717, 1.165) is 37.3 Å². The zero-order chi connectivity index (χ0) is 15.2. The fourth-order valence-electron chi connectivity index (χ4n) is 2.40. The molecule has 1 unspecified atom stereocenters. The molecule has 0 aliphatic carbocycles. The molecule has 0 radical (unpaired) electrons. The van der Waals surface area contributed by atoms with Gasteiger partial charge in [-0.15, -0.1) is 0 Å². The molecule has 6 heteroatoms. The number of carbonyl (C=O) groups excluding carboxylic acids is 1. The van der Waals surface area contributed by atoms with Gasteiger partial charge in [0.1, 0.15) is 5.82 Å². The number of piperidine rings is 1. The van der Waals surface area contributed by atoms with Gasteiger partial charge in [-0.2, -0.15) is 0 Å². The number of hydrogen-bond donors (Lipinski definition) is 3. The summed E-state index contributed by atoms with van der Waals surface area (Å²) in [5.74, 6) is 0.998. The minimum Gasteiger partial charge on any atom is -0.394 e. The zero-order valence-electron chi connectivity index (χ0n) is 12.7. The van der Waals surface area contributed by atoms with E-state index in [1.807, 2.05) is 19.2 Å². The van der Waals surface area contributed by atoms with Gasteiger partial charge in [-0.05, 0) is 38.3 Å². The quantitative estimate of drug-likeness (QED) is 0.775. The number of aromatic nitrogens is 1. The van der Waals surface area contributed by atoms with Crippen molar-refractivity contribution in [2.75, 3.05) is 24.6 Å². The fourth-order valence-corrected chi connectivity index (χ4v) is 2.40. The van der Waals surface area contributed by atoms with Crippen LogP contribution in [0.25, 0.3) is 0 Å². The molecule has 2 amide bonds. The predicted octanol–water partition coefficient (Wildman–Crippen LogP) is 1.04. The Morgan fingerprint density at radius 1 is 1.48 bits per heavy atom. The highest BCUT2D eigenvalue weighted by molar-refractivity contribution is 5.74. The number of nitrogens with one attached hydrogen (secondary N) is 2. The van der Waals surface area contributed by atoms with Crippen molar-refractivity contribution in [3.63, 3.8) is 0 Å². The lowest BCUT2D eigenvalue weighted by Crippen LogP contribution is -2.50. The molecule has 3 N–H and O–H groups in total. The van der Waals surface area contributed by atoms with Gasteiger partial charge in [0, 0.05) is 25.3 Å². The molecule has 2 heterocycles. The second kappa shape index (κ2) is 7.26. The van der Waals surface area contributed by atoms with Crippen LogP contribution in [-0.2, 0) is 0 Å². The number of amides is 2. The van der Waals surface area contributed by atoms with E-state index in [1.54, 1.807) is 6.92 Å². The maximum atomic E-state index is 11.7. The van der Waals surface area contributed by atoms with Gasteiger partial charge in [0.2, 0.25) is 0 Å². The molecule has 0 spiro atoms. The Morgan fingerprint density at radius 2 is 2.19 bits per heavy atom. The number of anilines is 1. The second-order valence-electron chi connectivity index (χ2n) is 5.66. The normalized spacial score (nSPS) is 17.4. The van der Waals surface area contributed by atoms with E-state index >= 15 is 0 Å². The smallest absolute Gasteiger partial charge is 0.315 e. The summed E-state index contributed by atoms with van der Waals surface area (Å²) in [4.78, 5) is 18.4. The molecule has 1 aliphatic heterocycles. The molecule has 0 aromatic carbocycles. The summed E-state index contributed by atoms with van der Waals surface area (Å²) in [6, 6.07) is 3.86. The summed E-state index contributed by atoms with van der Waals surface area (Å²) in [7, 11) is 0. The third-order valence-corrected chi connectivity index (χ3v) is 3.70. The van der Waals surface area contributed by atoms with E-state index in [9.17, 15) is 4.79 Å². The van der Waals surface area contributed by atoms with Gasteiger partial charge in [-0.1, -0.05) is 6.07 Å². The molecular formula is C15H24N4O2. The van der Waals surface area contributed by atoms with E-state index in [4.69, 9.17) is 5.11 Å². The van der Waals surface area contributed by atoms with E-state index in [1.165, 1.54) is 0 Å². The largest absolute Gasteiger partial charge is 0.394 e. The highest BCUT2D eigenvalue weighted by Gasteiger charge is 2.21. The zero-order valence-corrected chi connectivity index (χ0v) is 12.7. The van der Waals surface area contributed by atoms with Crippen LogP contribution in [-0.4, -0.2) is 47.9 Å². The van der Waals surface area contributed by atoms with Gasteiger partial charge >= 0.3 is 6.03 Å². The van der Waals surface area contributed by atoms with Crippen LogP contribution in [0.2, 0.25) is 0 Å². The summed E-state index contributed by atoms with van der Waals surface area (Å²) in [6.07, 6.45) is 3.68. The monoisotopic (exact) mass is 292 g/mol. The van der Waals surface area contributed by atoms with Crippen LogP contribution in [0.15, 0.2) is 18.3 Å². The number of nitrogens with zero attached hydrogens (tertiary/aromatic N) is 2. The Labute approximate surface area is 125 Å². The van der Waals surface area contributed by atoms with Crippen molar-refractivity contribution in [3.05, 3.63) is 23.9 Å². The first kappa shape index (κ1) is 15.6. The summed E-state index contributed by atoms with van der Waals surface area (Å²) in [5, 5.41) is 14.6. The Hall–Kier alpha value is -1.82. The number of urea groups is 1. The van der Waals surface area contributed by atoms with Gasteiger partial charge in [-0.3, -0.25) is 0 Å². The summed E-state index contributed by atoms with van der Waals surface area (Å²) < 4.78 is 0. The van der Waals surface area contributed by atoms with Crippen molar-refractivity contribution in [2.24, 2.45) is 0 Å². The van der Waals surface area contributed by atoms with E-state index in [0.29, 0.717) is 0 Å². The van der Waals surface area contributed by atoms with Gasteiger partial charge in [0.15, 0.2) is 0 Å². The van der Waals surface area contributed by atoms with E-state index < -0.39 is 0 Å². The topological polar surface area (TPSA) is 77.5 Å². The fraction of sp³-hybridized carbons (Fsp3) is 0.600. The van der Waals surface area contributed by atoms with Crippen molar-refractivity contribution >= 4 is 11.8 Å². The minimum absolute atomic E-state index is 0.0506. The predicted molar refractivity (Wildman–Crippen MR) is 82.4 cm³/mol. The van der Waals surface area contributed by atoms with E-state index in [2.05, 4.69) is 26.6 Å². The summed E-state index contributed by atoms with van der Waals surface area (Å²) in [6.45, 7) is 5.52. The molecule has 1 aliphatic rings. The standard InChI is InChI=1S/C15H24N4O2/c1-11-3-4-14(16-9-11)19-7-5-13(6-8-19)18-15(21)17-12(2)10-20/h3-4,9,12-13,20H,5-8,10H2,1-2H3,(H2,17,18,21). The average molecular weight is 292 g/mol. The van der Waals surface area contributed by atoms with Crippen LogP contribution >= 0.6 is 0 Å². The van der Waals surface area contributed by atoms with Crippen LogP contribution in [0.1, 0.15) is 25.3 Å². The maximum Gasteiger partial charge on any atom is 0.315 e. The Bertz CT molecular complexity index is 455. The molecule has 0 bridgehead atoms. The third kappa shape index (κ3) is 4.60. The summed E-state index contributed by atoms with van der Waals surface area (Å²) >= 11 is 0. The highest BCUT2D eigenvalue weighted by atomic mass is 16.3. The molecule has 116 valence electrons. The molecular weight excluding hydrogens is 268 g/mol. The Balaban J connectivity index is 1.78. The number of aliphatic hydroxyl groups excluding tert-OH is 1. The first-order chi connectivity index (χ1) is 10.1. The molecule has 1 fully saturated rings. The molecule has 21 heavy (non-hydrogen) atoms. The molecule has 1 aromatic rings. The molecule has 1 atom stereocenters. The Kier molecular flexibility index (Phi) is 5.38. The van der Waals surface area contributed by atoms with Crippen molar-refractivity contribution in [2.45, 2.75) is 38.8 Å². The molecule has 1 aromatic heterocycles. The van der Waals surface area contributed by atoms with Crippen LogP contribution in [0.3, 0.4) is 0 Å². The highest BCUT2D eigenvalue weighted by Crippen LogP contribution is 2.17. The molecule has 0 saturated carbocycles. The van der Waals surface area contributed by atoms with Gasteiger partial charge < -0.3 is 20.6 Å². The third-order valence-electron chi connectivity index (χ3n) is 3.70. The van der Waals surface area contributed by atoms with E-state index in [-0.39, 0.29) is 24.7 Å². The molecule has 2 rings (SSSR count). The lowest BCUT2D eigenvalue weighted by molar-refractivity contribution is 0.215.